The summed E-state index contributed by atoms with van der Waals surface area (Å²) in [7, 11) is 1.64. The Morgan fingerprint density at radius 1 is 1.53 bits per heavy atom. The van der Waals surface area contributed by atoms with Gasteiger partial charge in [-0.15, -0.1) is 0 Å². The number of rotatable bonds is 4. The summed E-state index contributed by atoms with van der Waals surface area (Å²) in [6.45, 7) is 2.80. The van der Waals surface area contributed by atoms with Crippen molar-refractivity contribution in [3.05, 3.63) is 23.9 Å². The van der Waals surface area contributed by atoms with E-state index in [1.807, 2.05) is 12.1 Å². The van der Waals surface area contributed by atoms with Crippen LogP contribution in [-0.2, 0) is 11.3 Å². The second-order valence-corrected chi connectivity index (χ2v) is 4.42. The van der Waals surface area contributed by atoms with Crippen LogP contribution in [0.4, 0.5) is 0 Å². The number of aromatic nitrogens is 1. The Bertz CT molecular complexity index is 373. The number of likely N-dealkylation sites (tertiary alicyclic amines) is 1. The van der Waals surface area contributed by atoms with E-state index >= 15 is 0 Å². The van der Waals surface area contributed by atoms with Gasteiger partial charge in [-0.1, -0.05) is 6.07 Å². The lowest BCUT2D eigenvalue weighted by atomic mass is 9.98. The maximum absolute atomic E-state index is 10.7. The third-order valence-electron chi connectivity index (χ3n) is 3.26. The topological polar surface area (TPSA) is 42.4 Å². The third kappa shape index (κ3) is 3.03. The SMILES string of the molecule is COc1ncccc1CN1CCC(C=O)CC1. The molecule has 17 heavy (non-hydrogen) atoms. The highest BCUT2D eigenvalue weighted by Crippen LogP contribution is 2.20. The zero-order valence-electron chi connectivity index (χ0n) is 10.1. The van der Waals surface area contributed by atoms with Crippen LogP contribution in [-0.4, -0.2) is 36.4 Å². The van der Waals surface area contributed by atoms with Gasteiger partial charge in [0.15, 0.2) is 0 Å². The summed E-state index contributed by atoms with van der Waals surface area (Å²) < 4.78 is 5.24. The minimum atomic E-state index is 0.252. The molecule has 0 N–H and O–H groups in total. The van der Waals surface area contributed by atoms with Crippen LogP contribution in [0.5, 0.6) is 5.88 Å². The molecule has 4 nitrogen and oxygen atoms in total. The van der Waals surface area contributed by atoms with Crippen LogP contribution >= 0.6 is 0 Å². The number of aldehydes is 1. The summed E-state index contributed by atoms with van der Waals surface area (Å²) in [5.41, 5.74) is 1.11. The van der Waals surface area contributed by atoms with Gasteiger partial charge in [0.2, 0.25) is 5.88 Å². The fraction of sp³-hybridized carbons (Fsp3) is 0.538. The van der Waals surface area contributed by atoms with Gasteiger partial charge in [0.05, 0.1) is 7.11 Å². The Kier molecular flexibility index (Phi) is 4.09. The highest BCUT2D eigenvalue weighted by Gasteiger charge is 2.19. The number of ether oxygens (including phenoxy) is 1. The van der Waals surface area contributed by atoms with E-state index in [1.54, 1.807) is 13.3 Å². The van der Waals surface area contributed by atoms with Crippen LogP contribution < -0.4 is 4.74 Å². The highest BCUT2D eigenvalue weighted by atomic mass is 16.5. The molecule has 0 amide bonds. The number of pyridine rings is 1. The summed E-state index contributed by atoms with van der Waals surface area (Å²) in [5.74, 6) is 0.951. The van der Waals surface area contributed by atoms with Gasteiger partial charge >= 0.3 is 0 Å². The lowest BCUT2D eigenvalue weighted by Gasteiger charge is -2.29. The van der Waals surface area contributed by atoms with Crippen LogP contribution in [0.3, 0.4) is 0 Å². The molecule has 92 valence electrons. The third-order valence-corrected chi connectivity index (χ3v) is 3.26. The van der Waals surface area contributed by atoms with E-state index in [1.165, 1.54) is 0 Å². The first kappa shape index (κ1) is 12.0. The maximum atomic E-state index is 10.7. The number of methoxy groups -OCH3 is 1. The van der Waals surface area contributed by atoms with E-state index in [-0.39, 0.29) is 5.92 Å². The zero-order chi connectivity index (χ0) is 12.1. The molecule has 0 atom stereocenters. The second-order valence-electron chi connectivity index (χ2n) is 4.42. The standard InChI is InChI=1S/C13H18N2O2/c1-17-13-12(3-2-6-14-13)9-15-7-4-11(10-16)5-8-15/h2-3,6,10-11H,4-5,7-9H2,1H3. The molecule has 1 aliphatic rings. The molecule has 0 unspecified atom stereocenters. The lowest BCUT2D eigenvalue weighted by molar-refractivity contribution is -0.112. The van der Waals surface area contributed by atoms with E-state index in [0.29, 0.717) is 5.88 Å². The smallest absolute Gasteiger partial charge is 0.217 e. The molecule has 1 aromatic heterocycles. The molecule has 0 radical (unpaired) electrons. The monoisotopic (exact) mass is 234 g/mol. The number of piperidine rings is 1. The summed E-state index contributed by atoms with van der Waals surface area (Å²) in [5, 5.41) is 0. The fourth-order valence-electron chi connectivity index (χ4n) is 2.22. The molecule has 1 saturated heterocycles. The van der Waals surface area contributed by atoms with Crippen molar-refractivity contribution < 1.29 is 9.53 Å². The van der Waals surface area contributed by atoms with Crippen LogP contribution in [0.15, 0.2) is 18.3 Å². The number of carbonyl (C=O) groups is 1. The lowest BCUT2D eigenvalue weighted by Crippen LogP contribution is -2.33. The number of carbonyl (C=O) groups excluding carboxylic acids is 1. The van der Waals surface area contributed by atoms with Crippen molar-refractivity contribution in [3.8, 4) is 5.88 Å². The number of hydrogen-bond acceptors (Lipinski definition) is 4. The molecular weight excluding hydrogens is 216 g/mol. The normalized spacial score (nSPS) is 17.9. The molecule has 1 fully saturated rings. The first-order chi connectivity index (χ1) is 8.33. The number of hydrogen-bond donors (Lipinski definition) is 0. The van der Waals surface area contributed by atoms with Gasteiger partial charge in [-0.3, -0.25) is 4.90 Å². The van der Waals surface area contributed by atoms with Crippen molar-refractivity contribution in [3.63, 3.8) is 0 Å². The van der Waals surface area contributed by atoms with Crippen molar-refractivity contribution in [2.45, 2.75) is 19.4 Å². The number of nitrogens with zero attached hydrogens (tertiary/aromatic N) is 2. The molecular formula is C13H18N2O2. The predicted molar refractivity (Wildman–Crippen MR) is 64.9 cm³/mol. The first-order valence-corrected chi connectivity index (χ1v) is 5.99. The minimum Gasteiger partial charge on any atom is -0.481 e. The molecule has 0 bridgehead atoms. The predicted octanol–water partition coefficient (Wildman–Crippen LogP) is 1.50. The van der Waals surface area contributed by atoms with E-state index in [2.05, 4.69) is 9.88 Å². The van der Waals surface area contributed by atoms with Gasteiger partial charge in [0.1, 0.15) is 6.29 Å². The van der Waals surface area contributed by atoms with Crippen molar-refractivity contribution in [2.24, 2.45) is 5.92 Å². The van der Waals surface area contributed by atoms with Crippen LogP contribution in [0.2, 0.25) is 0 Å². The molecule has 0 aliphatic carbocycles. The van der Waals surface area contributed by atoms with Crippen LogP contribution in [0.1, 0.15) is 18.4 Å². The first-order valence-electron chi connectivity index (χ1n) is 5.99. The van der Waals surface area contributed by atoms with Crippen molar-refractivity contribution >= 4 is 6.29 Å². The molecule has 1 aromatic rings. The Morgan fingerprint density at radius 3 is 2.94 bits per heavy atom. The van der Waals surface area contributed by atoms with E-state index in [9.17, 15) is 4.79 Å². The Hall–Kier alpha value is -1.42. The average Bonchev–Trinajstić information content (AvgIpc) is 2.40. The van der Waals surface area contributed by atoms with E-state index in [0.717, 1.165) is 44.3 Å². The summed E-state index contributed by atoms with van der Waals surface area (Å²) in [6, 6.07) is 3.97. The van der Waals surface area contributed by atoms with Gasteiger partial charge < -0.3 is 9.53 Å². The minimum absolute atomic E-state index is 0.252. The van der Waals surface area contributed by atoms with Gasteiger partial charge in [-0.2, -0.15) is 0 Å². The Balaban J connectivity index is 1.95. The van der Waals surface area contributed by atoms with Gasteiger partial charge in [0.25, 0.3) is 0 Å². The molecule has 2 heterocycles. The van der Waals surface area contributed by atoms with E-state index in [4.69, 9.17) is 4.74 Å². The second kappa shape index (κ2) is 5.77. The van der Waals surface area contributed by atoms with Crippen molar-refractivity contribution in [1.29, 1.82) is 0 Å². The average molecular weight is 234 g/mol. The molecule has 0 spiro atoms. The van der Waals surface area contributed by atoms with E-state index < -0.39 is 0 Å². The van der Waals surface area contributed by atoms with Crippen molar-refractivity contribution in [2.75, 3.05) is 20.2 Å². The van der Waals surface area contributed by atoms with Crippen LogP contribution in [0.25, 0.3) is 0 Å². The highest BCUT2D eigenvalue weighted by molar-refractivity contribution is 5.53. The zero-order valence-corrected chi connectivity index (χ0v) is 10.1. The van der Waals surface area contributed by atoms with Gasteiger partial charge in [-0.25, -0.2) is 4.98 Å². The van der Waals surface area contributed by atoms with Crippen molar-refractivity contribution in [1.82, 2.24) is 9.88 Å². The summed E-state index contributed by atoms with van der Waals surface area (Å²) in [6.07, 6.45) is 4.75. The Morgan fingerprint density at radius 2 is 2.29 bits per heavy atom. The largest absolute Gasteiger partial charge is 0.481 e. The quantitative estimate of drug-likeness (QED) is 0.740. The molecule has 2 rings (SSSR count). The molecule has 0 saturated carbocycles. The van der Waals surface area contributed by atoms with Gasteiger partial charge in [-0.05, 0) is 32.0 Å². The summed E-state index contributed by atoms with van der Waals surface area (Å²) in [4.78, 5) is 17.2. The molecule has 1 aliphatic heterocycles. The summed E-state index contributed by atoms with van der Waals surface area (Å²) >= 11 is 0. The maximum Gasteiger partial charge on any atom is 0.217 e. The Labute approximate surface area is 102 Å². The van der Waals surface area contributed by atoms with Crippen LogP contribution in [0, 0.1) is 5.92 Å². The molecule has 4 heteroatoms. The molecule has 0 aromatic carbocycles. The van der Waals surface area contributed by atoms with Gasteiger partial charge in [0, 0.05) is 24.2 Å². The fourth-order valence-corrected chi connectivity index (χ4v) is 2.22.